The second-order valence-electron chi connectivity index (χ2n) is 13.4. The molecule has 10 nitrogen and oxygen atoms in total. The Labute approximate surface area is 285 Å². The maximum atomic E-state index is 15.3. The van der Waals surface area contributed by atoms with Crippen molar-refractivity contribution in [2.75, 3.05) is 12.8 Å². The van der Waals surface area contributed by atoms with E-state index >= 15 is 4.39 Å². The molecule has 3 atom stereocenters. The first-order chi connectivity index (χ1) is 22.9. The van der Waals surface area contributed by atoms with Gasteiger partial charge in [-0.3, -0.25) is 9.98 Å². The maximum Gasteiger partial charge on any atom is 0.354 e. The van der Waals surface area contributed by atoms with E-state index in [1.807, 2.05) is 0 Å². The van der Waals surface area contributed by atoms with Crippen LogP contribution in [-0.4, -0.2) is 53.7 Å². The van der Waals surface area contributed by atoms with Gasteiger partial charge in [-0.2, -0.15) is 4.98 Å². The molecule has 2 fully saturated rings. The highest BCUT2D eigenvalue weighted by molar-refractivity contribution is 7.90. The van der Waals surface area contributed by atoms with Crippen molar-refractivity contribution in [1.82, 2.24) is 25.2 Å². The van der Waals surface area contributed by atoms with Gasteiger partial charge in [0.05, 0.1) is 27.1 Å². The standard InChI is InChI=1S/C35H43ClFN7O3S/c1-20(38)40-14-13-24-6-4-8-30(41-24)26-12-11-25(18-32(26)48(2,46)47)44-19-23-17-31(42-34(23)43-35(44)45)27-15-21(16-28(36)33(27)37)5-3-7-29(39)22-9-10-22/h11-12,15-19,22,24,29-30,41H,3-10,13-14,39H2,1-2H3,(H2,38,40)(H,42,43,45)/t24-,29?,30-/m0/s1. The van der Waals surface area contributed by atoms with Crippen LogP contribution >= 0.6 is 11.6 Å². The lowest BCUT2D eigenvalue weighted by Gasteiger charge is -2.32. The largest absolute Gasteiger partial charge is 0.374 e. The Kier molecular flexibility index (Phi) is 10.1. The number of H-pyrrole nitrogens is 1. The van der Waals surface area contributed by atoms with Crippen LogP contribution in [0.4, 0.5) is 4.39 Å². The highest BCUT2D eigenvalue weighted by atomic mass is 35.5. The molecule has 3 heterocycles. The maximum absolute atomic E-state index is 15.3. The lowest BCUT2D eigenvalue weighted by molar-refractivity contribution is 0.310. The summed E-state index contributed by atoms with van der Waals surface area (Å²) in [4.78, 5) is 20.7. The van der Waals surface area contributed by atoms with Crippen LogP contribution in [0.25, 0.3) is 28.0 Å². The Hall–Kier alpha value is -3.58. The predicted octanol–water partition coefficient (Wildman–Crippen LogP) is 5.80. The number of nitrogens with one attached hydrogen (secondary N) is 4. The number of benzene rings is 2. The van der Waals surface area contributed by atoms with E-state index in [9.17, 15) is 13.2 Å². The minimum Gasteiger partial charge on any atom is -0.374 e. The van der Waals surface area contributed by atoms with Gasteiger partial charge in [-0.1, -0.05) is 24.1 Å². The highest BCUT2D eigenvalue weighted by Gasteiger charge is 2.29. The summed E-state index contributed by atoms with van der Waals surface area (Å²) in [6.45, 7) is 2.37. The van der Waals surface area contributed by atoms with E-state index in [-0.39, 0.29) is 39.3 Å². The number of aromatic amines is 1. The normalized spacial score (nSPS) is 19.0. The van der Waals surface area contributed by atoms with Gasteiger partial charge in [-0.25, -0.2) is 17.6 Å². The third-order valence-corrected chi connectivity index (χ3v) is 11.0. The fourth-order valence-corrected chi connectivity index (χ4v) is 8.04. The number of piperidine rings is 1. The first-order valence-electron chi connectivity index (χ1n) is 16.6. The second-order valence-corrected chi connectivity index (χ2v) is 15.8. The van der Waals surface area contributed by atoms with Crippen LogP contribution in [0.1, 0.15) is 75.5 Å². The summed E-state index contributed by atoms with van der Waals surface area (Å²) in [7, 11) is -3.66. The predicted molar refractivity (Wildman–Crippen MR) is 188 cm³/mol. The summed E-state index contributed by atoms with van der Waals surface area (Å²) in [6, 6.07) is 10.4. The average molecular weight is 696 g/mol. The Morgan fingerprint density at radius 2 is 2.00 bits per heavy atom. The first-order valence-corrected chi connectivity index (χ1v) is 18.9. The fourth-order valence-electron chi connectivity index (χ4n) is 6.82. The molecular formula is C35H43ClFN7O3S. The minimum atomic E-state index is -3.66. The van der Waals surface area contributed by atoms with Crippen LogP contribution in [0.2, 0.25) is 5.02 Å². The fraction of sp³-hybridized carbons (Fsp3) is 0.457. The van der Waals surface area contributed by atoms with Crippen molar-refractivity contribution in [1.29, 1.82) is 5.41 Å². The molecule has 0 bridgehead atoms. The van der Waals surface area contributed by atoms with Crippen molar-refractivity contribution in [2.24, 2.45) is 11.7 Å². The molecule has 256 valence electrons. The summed E-state index contributed by atoms with van der Waals surface area (Å²) in [5, 5.41) is 14.8. The van der Waals surface area contributed by atoms with E-state index in [4.69, 9.17) is 22.7 Å². The van der Waals surface area contributed by atoms with Gasteiger partial charge in [-0.05, 0) is 106 Å². The number of aryl methyl sites for hydroxylation is 1. The number of nitrogens with two attached hydrogens (primary N) is 1. The molecule has 0 spiro atoms. The van der Waals surface area contributed by atoms with Crippen molar-refractivity contribution in [3.63, 3.8) is 0 Å². The molecule has 2 aromatic carbocycles. The van der Waals surface area contributed by atoms with Crippen LogP contribution in [0.5, 0.6) is 0 Å². The average Bonchev–Trinajstić information content (AvgIpc) is 3.81. The summed E-state index contributed by atoms with van der Waals surface area (Å²) in [5.74, 6) is 0.473. The van der Waals surface area contributed by atoms with Crippen LogP contribution in [0.15, 0.2) is 52.3 Å². The van der Waals surface area contributed by atoms with Gasteiger partial charge in [0.15, 0.2) is 15.7 Å². The molecule has 1 saturated carbocycles. The van der Waals surface area contributed by atoms with Crippen LogP contribution < -0.4 is 22.1 Å². The number of hydrogen-bond donors (Lipinski definition) is 5. The molecule has 2 aliphatic rings. The topological polar surface area (TPSA) is 159 Å². The Morgan fingerprint density at radius 3 is 2.73 bits per heavy atom. The molecule has 13 heteroatoms. The molecular weight excluding hydrogens is 653 g/mol. The van der Waals surface area contributed by atoms with Crippen molar-refractivity contribution in [3.05, 3.63) is 75.0 Å². The quantitative estimate of drug-likeness (QED) is 0.0926. The second kappa shape index (κ2) is 14.1. The van der Waals surface area contributed by atoms with E-state index in [0.29, 0.717) is 47.1 Å². The van der Waals surface area contributed by atoms with E-state index < -0.39 is 21.3 Å². The number of hydrogen-bond acceptors (Lipinski definition) is 7. The van der Waals surface area contributed by atoms with Gasteiger partial charge in [0.2, 0.25) is 0 Å². The first kappa shape index (κ1) is 34.3. The van der Waals surface area contributed by atoms with Crippen LogP contribution in [0.3, 0.4) is 0 Å². The van der Waals surface area contributed by atoms with Crippen molar-refractivity contribution >= 4 is 38.3 Å². The Bertz CT molecular complexity index is 2010. The number of nitrogens with zero attached hydrogens (tertiary/aromatic N) is 2. The minimum absolute atomic E-state index is 0.0190. The molecule has 0 amide bonds. The molecule has 1 unspecified atom stereocenters. The third kappa shape index (κ3) is 7.83. The van der Waals surface area contributed by atoms with Gasteiger partial charge in [0.1, 0.15) is 5.65 Å². The molecule has 1 aliphatic heterocycles. The van der Waals surface area contributed by atoms with Crippen LogP contribution in [0, 0.1) is 17.1 Å². The zero-order valence-corrected chi connectivity index (χ0v) is 28.9. The summed E-state index contributed by atoms with van der Waals surface area (Å²) in [6.07, 6.45) is 11.2. The Morgan fingerprint density at radius 1 is 1.21 bits per heavy atom. The number of sulfone groups is 1. The lowest BCUT2D eigenvalue weighted by atomic mass is 9.92. The van der Waals surface area contributed by atoms with Gasteiger partial charge in [0.25, 0.3) is 0 Å². The van der Waals surface area contributed by atoms with Crippen molar-refractivity contribution < 1.29 is 12.8 Å². The van der Waals surface area contributed by atoms with Crippen LogP contribution in [-0.2, 0) is 16.3 Å². The highest BCUT2D eigenvalue weighted by Crippen LogP contribution is 2.35. The molecule has 6 rings (SSSR count). The van der Waals surface area contributed by atoms with E-state index in [2.05, 4.69) is 20.6 Å². The molecule has 2 aromatic heterocycles. The van der Waals surface area contributed by atoms with E-state index in [1.165, 1.54) is 29.7 Å². The summed E-state index contributed by atoms with van der Waals surface area (Å²) in [5.41, 5.74) is 8.58. The van der Waals surface area contributed by atoms with E-state index in [0.717, 1.165) is 44.1 Å². The van der Waals surface area contributed by atoms with E-state index in [1.54, 1.807) is 43.5 Å². The Balaban J connectivity index is 1.27. The molecule has 6 N–H and O–H groups in total. The SMILES string of the molecule is CC(=N)NCC[C@@H]1CCC[C@@H](c2ccc(-n3cc4cc(-c5cc(CCCC(N)C6CC6)cc(Cl)c5F)[nH]c4nc3=O)cc2S(C)(=O)=O)N1. The molecule has 0 radical (unpaired) electrons. The smallest absolute Gasteiger partial charge is 0.354 e. The molecule has 1 aliphatic carbocycles. The number of rotatable bonds is 12. The molecule has 4 aromatic rings. The number of amidine groups is 1. The van der Waals surface area contributed by atoms with Gasteiger partial charge in [-0.15, -0.1) is 0 Å². The molecule has 48 heavy (non-hydrogen) atoms. The number of halogens is 2. The monoisotopic (exact) mass is 695 g/mol. The lowest BCUT2D eigenvalue weighted by Crippen LogP contribution is -2.39. The summed E-state index contributed by atoms with van der Waals surface area (Å²) >= 11 is 6.31. The zero-order chi connectivity index (χ0) is 34.2. The zero-order valence-electron chi connectivity index (χ0n) is 27.3. The molecule has 1 saturated heterocycles. The van der Waals surface area contributed by atoms with Gasteiger partial charge >= 0.3 is 5.69 Å². The number of aromatic nitrogens is 3. The van der Waals surface area contributed by atoms with Crippen molar-refractivity contribution in [2.45, 2.75) is 87.7 Å². The number of fused-ring (bicyclic) bond motifs is 1. The summed E-state index contributed by atoms with van der Waals surface area (Å²) < 4.78 is 42.7. The third-order valence-electron chi connectivity index (χ3n) is 9.53. The van der Waals surface area contributed by atoms with Crippen molar-refractivity contribution in [3.8, 4) is 16.9 Å². The van der Waals surface area contributed by atoms with Gasteiger partial charge < -0.3 is 21.4 Å². The van der Waals surface area contributed by atoms with Gasteiger partial charge in [0, 0.05) is 48.1 Å².